The molecule has 0 fully saturated rings. The average Bonchev–Trinajstić information content (AvgIpc) is 4.06. The van der Waals surface area contributed by atoms with Gasteiger partial charge in [-0.25, -0.2) is 14.8 Å². The van der Waals surface area contributed by atoms with Gasteiger partial charge in [-0.15, -0.1) is 0 Å². The van der Waals surface area contributed by atoms with Crippen LogP contribution in [0.2, 0.25) is 0 Å². The van der Waals surface area contributed by atoms with Crippen LogP contribution in [-0.2, 0) is 41.6 Å². The molecule has 0 aliphatic carbocycles. The first-order valence-corrected chi connectivity index (χ1v) is 22.9. The van der Waals surface area contributed by atoms with E-state index in [2.05, 4.69) is 57.2 Å². The molecule has 0 radical (unpaired) electrons. The van der Waals surface area contributed by atoms with Crippen molar-refractivity contribution in [2.75, 3.05) is 62.0 Å². The van der Waals surface area contributed by atoms with Crippen LogP contribution in [0.25, 0.3) is 11.2 Å². The number of carboxylic acid groups (broad SMARTS) is 1. The highest BCUT2D eigenvalue weighted by Gasteiger charge is 2.23. The fourth-order valence-electron chi connectivity index (χ4n) is 7.32. The minimum atomic E-state index is -1.37. The topological polar surface area (TPSA) is 340 Å². The van der Waals surface area contributed by atoms with Crippen LogP contribution in [0, 0.1) is 0 Å². The fraction of sp³-hybridized carbons (Fsp3) is 0.340. The Bertz CT molecular complexity index is 2990. The van der Waals surface area contributed by atoms with Crippen LogP contribution in [0.5, 0.6) is 0 Å². The number of aryl methyl sites for hydroxylation is 3. The minimum Gasteiger partial charge on any atom is -0.480 e. The number of nitrogens with two attached hydrogens (primary N) is 1. The first-order chi connectivity index (χ1) is 34.4. The fourth-order valence-corrected chi connectivity index (χ4v) is 7.32. The lowest BCUT2D eigenvalue weighted by molar-refractivity contribution is -0.139. The molecule has 6 aromatic rings. The van der Waals surface area contributed by atoms with Crippen LogP contribution >= 0.6 is 0 Å². The number of carboxylic acids is 1. The first kappa shape index (κ1) is 52.5. The Labute approximate surface area is 412 Å². The molecule has 1 unspecified atom stereocenters. The molecule has 0 saturated carbocycles. The molecule has 0 aliphatic rings. The molecular formula is C47H58N16O9. The highest BCUT2D eigenvalue weighted by molar-refractivity contribution is 6.07. The Morgan fingerprint density at radius 3 is 2.14 bits per heavy atom. The monoisotopic (exact) mass is 990 g/mol. The van der Waals surface area contributed by atoms with Crippen LogP contribution < -0.4 is 48.5 Å². The second-order valence-corrected chi connectivity index (χ2v) is 17.0. The Morgan fingerprint density at radius 2 is 1.44 bits per heavy atom. The lowest BCUT2D eigenvalue weighted by Crippen LogP contribution is -2.41. The number of nitrogens with one attached hydrogen (secondary N) is 8. The molecule has 6 amide bonds. The molecule has 25 nitrogen and oxygen atoms in total. The highest BCUT2D eigenvalue weighted by Crippen LogP contribution is 2.20. The summed E-state index contributed by atoms with van der Waals surface area (Å²) in [5.74, 6) is -4.11. The number of rotatable bonds is 25. The molecule has 5 heterocycles. The number of H-pyrrole nitrogens is 1. The Kier molecular flexibility index (Phi) is 17.9. The van der Waals surface area contributed by atoms with Gasteiger partial charge in [0.2, 0.25) is 17.8 Å². The summed E-state index contributed by atoms with van der Waals surface area (Å²) >= 11 is 0. The predicted octanol–water partition coefficient (Wildman–Crippen LogP) is 1.25. The summed E-state index contributed by atoms with van der Waals surface area (Å²) in [7, 11) is 7.27. The van der Waals surface area contributed by atoms with E-state index in [-0.39, 0.29) is 85.4 Å². The lowest BCUT2D eigenvalue weighted by atomic mass is 10.1. The zero-order valence-electron chi connectivity index (χ0n) is 40.2. The second kappa shape index (κ2) is 24.6. The highest BCUT2D eigenvalue weighted by atomic mass is 16.4. The number of benzene rings is 1. The van der Waals surface area contributed by atoms with Gasteiger partial charge >= 0.3 is 5.97 Å². The van der Waals surface area contributed by atoms with Crippen LogP contribution in [0.1, 0.15) is 79.6 Å². The van der Waals surface area contributed by atoms with Crippen molar-refractivity contribution in [1.82, 2.24) is 59.8 Å². The molecular weight excluding hydrogens is 933 g/mol. The molecule has 11 N–H and O–H groups in total. The zero-order valence-corrected chi connectivity index (χ0v) is 40.2. The Balaban J connectivity index is 0.983. The minimum absolute atomic E-state index is 0.0451. The maximum absolute atomic E-state index is 13.8. The van der Waals surface area contributed by atoms with Gasteiger partial charge in [0.1, 0.15) is 23.1 Å². The number of aromatic amines is 1. The number of carbonyl (C=O) groups excluding carboxylic acids is 6. The molecule has 1 atom stereocenters. The summed E-state index contributed by atoms with van der Waals surface area (Å²) in [6.07, 6.45) is 7.10. The van der Waals surface area contributed by atoms with Gasteiger partial charge in [-0.05, 0) is 88.4 Å². The summed E-state index contributed by atoms with van der Waals surface area (Å²) < 4.78 is 4.80. The summed E-state index contributed by atoms with van der Waals surface area (Å²) in [6, 6.07) is 11.2. The number of nitrogen functional groups attached to an aromatic ring is 1. The van der Waals surface area contributed by atoms with Crippen LogP contribution in [0.4, 0.5) is 23.0 Å². The number of amides is 6. The largest absolute Gasteiger partial charge is 0.480 e. The van der Waals surface area contributed by atoms with Gasteiger partial charge in [0, 0.05) is 83.0 Å². The molecule has 72 heavy (non-hydrogen) atoms. The summed E-state index contributed by atoms with van der Waals surface area (Å²) in [5.41, 5.74) is 7.94. The van der Waals surface area contributed by atoms with E-state index >= 15 is 0 Å². The van der Waals surface area contributed by atoms with E-state index in [1.54, 1.807) is 70.7 Å². The Morgan fingerprint density at radius 1 is 0.764 bits per heavy atom. The van der Waals surface area contributed by atoms with E-state index in [0.717, 1.165) is 13.0 Å². The number of aromatic nitrogens is 7. The molecule has 5 aromatic heterocycles. The summed E-state index contributed by atoms with van der Waals surface area (Å²) in [6.45, 7) is 2.04. The summed E-state index contributed by atoms with van der Waals surface area (Å²) in [4.78, 5) is 119. The smallest absolute Gasteiger partial charge is 0.326 e. The SMILES string of the molecule is CN(C)CCCNC(=O)CCNC(=O)c1cc(NC(=O)c2cc(NC(=O)c3cccn3C)cn2CCCNC(=O)CCC(NC(=O)c2ccc(NCc3cnc4c(=O)[nH]c(N)nc4n3)cc2)C(=O)O)cn1C. The predicted molar refractivity (Wildman–Crippen MR) is 266 cm³/mol. The van der Waals surface area contributed by atoms with Gasteiger partial charge in [-0.3, -0.25) is 38.5 Å². The quantitative estimate of drug-likeness (QED) is 0.0361. The van der Waals surface area contributed by atoms with E-state index in [1.165, 1.54) is 30.5 Å². The molecule has 0 spiro atoms. The van der Waals surface area contributed by atoms with Crippen molar-refractivity contribution in [2.24, 2.45) is 14.1 Å². The van der Waals surface area contributed by atoms with E-state index in [1.807, 2.05) is 19.0 Å². The van der Waals surface area contributed by atoms with Gasteiger partial charge in [0.25, 0.3) is 29.2 Å². The molecule has 0 saturated heterocycles. The van der Waals surface area contributed by atoms with E-state index < -0.39 is 47.1 Å². The van der Waals surface area contributed by atoms with E-state index in [4.69, 9.17) is 5.73 Å². The molecule has 6 rings (SSSR count). The van der Waals surface area contributed by atoms with Gasteiger partial charge < -0.3 is 66.7 Å². The van der Waals surface area contributed by atoms with Crippen LogP contribution in [-0.4, -0.2) is 131 Å². The van der Waals surface area contributed by atoms with Gasteiger partial charge in [-0.2, -0.15) is 4.98 Å². The van der Waals surface area contributed by atoms with Crippen molar-refractivity contribution in [2.45, 2.75) is 51.2 Å². The van der Waals surface area contributed by atoms with E-state index in [0.29, 0.717) is 41.4 Å². The normalized spacial score (nSPS) is 11.5. The number of anilines is 4. The van der Waals surface area contributed by atoms with Crippen LogP contribution in [0.15, 0.2) is 78.1 Å². The molecule has 0 bridgehead atoms. The van der Waals surface area contributed by atoms with Gasteiger partial charge in [-0.1, -0.05) is 0 Å². The maximum Gasteiger partial charge on any atom is 0.326 e. The number of nitrogens with zero attached hydrogens (tertiary/aromatic N) is 7. The first-order valence-electron chi connectivity index (χ1n) is 22.9. The number of hydrogen-bond acceptors (Lipinski definition) is 14. The van der Waals surface area contributed by atoms with Gasteiger partial charge in [0.05, 0.1) is 29.8 Å². The molecule has 1 aromatic carbocycles. The third-order valence-electron chi connectivity index (χ3n) is 11.1. The third kappa shape index (κ3) is 14.8. The van der Waals surface area contributed by atoms with Crippen molar-refractivity contribution < 1.29 is 38.7 Å². The van der Waals surface area contributed by atoms with Crippen molar-refractivity contribution in [1.29, 1.82) is 0 Å². The lowest BCUT2D eigenvalue weighted by Gasteiger charge is -2.15. The standard InChI is InChI=1S/C47H58N16O9/c1-60(2)19-6-16-50-38(65)15-18-51-42(67)35-22-30(26-62(35)4)55-44(69)36-23-31(56-43(68)34-8-5-20-61(34)3)27-63(36)21-7-17-49-37(64)14-13-33(46(71)72)57-41(66)28-9-11-29(12-10-28)52-24-32-25-53-39-40(54-32)58-47(48)59-45(39)70/h5,8-12,20,22-23,25-27,33,52H,6-7,13-19,21,24H2,1-4H3,(H,49,64)(H,50,65)(H,51,67)(H,55,69)(H,56,68)(H,57,66)(H,71,72)(H3,48,54,58,59,70). The zero-order chi connectivity index (χ0) is 51.9. The van der Waals surface area contributed by atoms with Crippen LogP contribution in [0.3, 0.4) is 0 Å². The van der Waals surface area contributed by atoms with Crippen molar-refractivity contribution >= 4 is 75.6 Å². The van der Waals surface area contributed by atoms with Crippen molar-refractivity contribution in [3.05, 3.63) is 112 Å². The molecule has 25 heteroatoms. The second-order valence-electron chi connectivity index (χ2n) is 17.0. The van der Waals surface area contributed by atoms with Crippen molar-refractivity contribution in [3.63, 3.8) is 0 Å². The Hall–Kier alpha value is -8.87. The van der Waals surface area contributed by atoms with E-state index in [9.17, 15) is 43.5 Å². The number of carbonyl (C=O) groups is 7. The number of hydrogen-bond donors (Lipinski definition) is 10. The van der Waals surface area contributed by atoms with Crippen molar-refractivity contribution in [3.8, 4) is 0 Å². The number of aliphatic carboxylic acids is 1. The average molecular weight is 991 g/mol. The van der Waals surface area contributed by atoms with Gasteiger partial charge in [0.15, 0.2) is 11.2 Å². The molecule has 0 aliphatic heterocycles. The third-order valence-corrected chi connectivity index (χ3v) is 11.1. The molecule has 380 valence electrons. The summed E-state index contributed by atoms with van der Waals surface area (Å²) in [5, 5.41) is 29.4. The maximum atomic E-state index is 13.8. The number of fused-ring (bicyclic) bond motifs is 1.